The van der Waals surface area contributed by atoms with Crippen LogP contribution in [0.1, 0.15) is 39.4 Å². The first-order valence-electron chi connectivity index (χ1n) is 9.63. The van der Waals surface area contributed by atoms with E-state index in [0.29, 0.717) is 11.1 Å². The number of para-hydroxylation sites is 1. The molecule has 2 heterocycles. The zero-order valence-electron chi connectivity index (χ0n) is 15.9. The van der Waals surface area contributed by atoms with Crippen molar-refractivity contribution in [2.24, 2.45) is 0 Å². The Balaban J connectivity index is 1.70. The summed E-state index contributed by atoms with van der Waals surface area (Å²) < 4.78 is 5.39. The molecule has 0 fully saturated rings. The summed E-state index contributed by atoms with van der Waals surface area (Å²) in [5.74, 6) is -0.988. The van der Waals surface area contributed by atoms with Gasteiger partial charge in [-0.05, 0) is 29.8 Å². The number of phenols is 1. The predicted molar refractivity (Wildman–Crippen MR) is 112 cm³/mol. The molecule has 0 radical (unpaired) electrons. The second-order valence-electron chi connectivity index (χ2n) is 7.22. The van der Waals surface area contributed by atoms with E-state index in [0.717, 1.165) is 16.5 Å². The summed E-state index contributed by atoms with van der Waals surface area (Å²) in [4.78, 5) is 29.7. The van der Waals surface area contributed by atoms with Crippen LogP contribution in [0.3, 0.4) is 0 Å². The number of pyridine rings is 1. The number of carbonyl (C=O) groups excluding carboxylic acids is 2. The minimum Gasteiger partial charge on any atom is -0.507 e. The second-order valence-corrected chi connectivity index (χ2v) is 7.22. The topological polar surface area (TPSA) is 76.5 Å². The highest BCUT2D eigenvalue weighted by molar-refractivity contribution is 6.11. The highest BCUT2D eigenvalue weighted by atomic mass is 16.5. The highest BCUT2D eigenvalue weighted by Gasteiger charge is 2.34. The van der Waals surface area contributed by atoms with Crippen molar-refractivity contribution in [2.75, 3.05) is 0 Å². The van der Waals surface area contributed by atoms with Gasteiger partial charge >= 0.3 is 5.97 Å². The molecule has 0 bridgehead atoms. The zero-order valence-corrected chi connectivity index (χ0v) is 15.9. The van der Waals surface area contributed by atoms with Gasteiger partial charge < -0.3 is 9.84 Å². The third kappa shape index (κ3) is 2.92. The quantitative estimate of drug-likeness (QED) is 0.311. The molecular weight excluding hydrogens is 378 g/mol. The molecule has 30 heavy (non-hydrogen) atoms. The number of rotatable bonds is 3. The third-order valence-corrected chi connectivity index (χ3v) is 5.46. The molecule has 0 saturated carbocycles. The lowest BCUT2D eigenvalue weighted by atomic mass is 9.82. The first-order chi connectivity index (χ1) is 14.6. The smallest absolute Gasteiger partial charge is 0.312 e. The third-order valence-electron chi connectivity index (χ3n) is 5.46. The Morgan fingerprint density at radius 2 is 1.73 bits per heavy atom. The molecule has 4 aromatic rings. The SMILES string of the molecule is O=C1C[C@@H](c2ccnc3ccccc23)c2c(ccc(C(=O)c3ccccc3)c2O)O1. The predicted octanol–water partition coefficient (Wildman–Crippen LogP) is 4.61. The van der Waals surface area contributed by atoms with E-state index in [2.05, 4.69) is 4.98 Å². The standard InChI is InChI=1S/C25H17NO4/c27-22-14-19(16-12-13-26-20-9-5-4-8-17(16)20)23-21(30-22)11-10-18(25(23)29)24(28)15-6-2-1-3-7-15/h1-13,19,29H,14H2/t19-/m0/s1. The summed E-state index contributed by atoms with van der Waals surface area (Å²) in [5, 5.41) is 12.0. The summed E-state index contributed by atoms with van der Waals surface area (Å²) in [5.41, 5.74) is 2.77. The van der Waals surface area contributed by atoms with Crippen molar-refractivity contribution in [1.29, 1.82) is 0 Å². The van der Waals surface area contributed by atoms with E-state index in [9.17, 15) is 14.7 Å². The van der Waals surface area contributed by atoms with Crippen molar-refractivity contribution in [3.63, 3.8) is 0 Å². The maximum absolute atomic E-state index is 13.0. The first-order valence-corrected chi connectivity index (χ1v) is 9.63. The maximum atomic E-state index is 13.0. The van der Waals surface area contributed by atoms with Gasteiger partial charge in [0.1, 0.15) is 11.5 Å². The molecule has 0 aliphatic carbocycles. The number of hydrogen-bond donors (Lipinski definition) is 1. The molecule has 3 aromatic carbocycles. The summed E-state index contributed by atoms with van der Waals surface area (Å²) >= 11 is 0. The zero-order chi connectivity index (χ0) is 20.7. The van der Waals surface area contributed by atoms with Crippen molar-refractivity contribution in [3.05, 3.63) is 101 Å². The molecule has 0 spiro atoms. The van der Waals surface area contributed by atoms with Crippen LogP contribution in [-0.2, 0) is 4.79 Å². The summed E-state index contributed by atoms with van der Waals surface area (Å²) in [6, 6.07) is 21.4. The average Bonchev–Trinajstić information content (AvgIpc) is 2.78. The van der Waals surface area contributed by atoms with E-state index in [1.165, 1.54) is 6.07 Å². The number of benzene rings is 3. The number of nitrogens with zero attached hydrogens (tertiary/aromatic N) is 1. The van der Waals surface area contributed by atoms with Gasteiger partial charge in [0.2, 0.25) is 0 Å². The van der Waals surface area contributed by atoms with Crippen LogP contribution in [0.25, 0.3) is 10.9 Å². The number of aromatic nitrogens is 1. The van der Waals surface area contributed by atoms with E-state index in [1.807, 2.05) is 36.4 Å². The normalized spacial score (nSPS) is 15.5. The van der Waals surface area contributed by atoms with E-state index in [1.54, 1.807) is 36.5 Å². The van der Waals surface area contributed by atoms with Crippen molar-refractivity contribution in [1.82, 2.24) is 4.98 Å². The molecule has 0 unspecified atom stereocenters. The maximum Gasteiger partial charge on any atom is 0.312 e. The van der Waals surface area contributed by atoms with Gasteiger partial charge in [0, 0.05) is 28.6 Å². The molecule has 146 valence electrons. The molecule has 1 N–H and O–H groups in total. The molecule has 1 aliphatic rings. The highest BCUT2D eigenvalue weighted by Crippen LogP contribution is 2.46. The van der Waals surface area contributed by atoms with Gasteiger partial charge in [-0.3, -0.25) is 14.6 Å². The van der Waals surface area contributed by atoms with Crippen molar-refractivity contribution >= 4 is 22.7 Å². The lowest BCUT2D eigenvalue weighted by Gasteiger charge is -2.27. The van der Waals surface area contributed by atoms with Crippen molar-refractivity contribution in [2.45, 2.75) is 12.3 Å². The van der Waals surface area contributed by atoms with Gasteiger partial charge in [0.05, 0.1) is 17.5 Å². The van der Waals surface area contributed by atoms with E-state index in [-0.39, 0.29) is 35.2 Å². The molecule has 0 saturated heterocycles. The minimum atomic E-state index is -0.447. The largest absolute Gasteiger partial charge is 0.507 e. The number of carbonyl (C=O) groups is 2. The van der Waals surface area contributed by atoms with Crippen molar-refractivity contribution < 1.29 is 19.4 Å². The van der Waals surface area contributed by atoms with Crippen LogP contribution in [0.2, 0.25) is 0 Å². The van der Waals surface area contributed by atoms with Gasteiger partial charge in [-0.2, -0.15) is 0 Å². The van der Waals surface area contributed by atoms with Gasteiger partial charge in [0.15, 0.2) is 5.78 Å². The fourth-order valence-electron chi connectivity index (χ4n) is 4.06. The summed E-state index contributed by atoms with van der Waals surface area (Å²) in [6.07, 6.45) is 1.75. The first kappa shape index (κ1) is 18.1. The monoisotopic (exact) mass is 395 g/mol. The summed E-state index contributed by atoms with van der Waals surface area (Å²) in [7, 11) is 0. The van der Waals surface area contributed by atoms with Crippen LogP contribution >= 0.6 is 0 Å². The van der Waals surface area contributed by atoms with Gasteiger partial charge in [0.25, 0.3) is 0 Å². The van der Waals surface area contributed by atoms with Crippen LogP contribution in [0.5, 0.6) is 11.5 Å². The Hall–Kier alpha value is -3.99. The Morgan fingerprint density at radius 3 is 2.57 bits per heavy atom. The number of phenolic OH excluding ortho intramolecular Hbond substituents is 1. The van der Waals surface area contributed by atoms with Gasteiger partial charge in [-0.15, -0.1) is 0 Å². The van der Waals surface area contributed by atoms with E-state index in [4.69, 9.17) is 4.74 Å². The van der Waals surface area contributed by atoms with E-state index >= 15 is 0 Å². The Labute approximate surface area is 172 Å². The molecular formula is C25H17NO4. The van der Waals surface area contributed by atoms with Crippen LogP contribution < -0.4 is 4.74 Å². The molecule has 1 atom stereocenters. The molecule has 0 amide bonds. The number of fused-ring (bicyclic) bond motifs is 2. The molecule has 1 aromatic heterocycles. The van der Waals surface area contributed by atoms with Crippen LogP contribution in [-0.4, -0.2) is 21.8 Å². The van der Waals surface area contributed by atoms with Gasteiger partial charge in [-0.1, -0.05) is 48.5 Å². The molecule has 5 rings (SSSR count). The summed E-state index contributed by atoms with van der Waals surface area (Å²) in [6.45, 7) is 0. The lowest BCUT2D eigenvalue weighted by molar-refractivity contribution is -0.135. The molecule has 1 aliphatic heterocycles. The average molecular weight is 395 g/mol. The van der Waals surface area contributed by atoms with Crippen LogP contribution in [0.15, 0.2) is 79.0 Å². The Bertz CT molecular complexity index is 1290. The number of ketones is 1. The minimum absolute atomic E-state index is 0.0670. The number of hydrogen-bond acceptors (Lipinski definition) is 5. The van der Waals surface area contributed by atoms with Crippen LogP contribution in [0.4, 0.5) is 0 Å². The van der Waals surface area contributed by atoms with Crippen LogP contribution in [0, 0.1) is 0 Å². The van der Waals surface area contributed by atoms with Gasteiger partial charge in [-0.25, -0.2) is 0 Å². The number of ether oxygens (including phenoxy) is 1. The Kier molecular flexibility index (Phi) is 4.29. The van der Waals surface area contributed by atoms with E-state index < -0.39 is 5.92 Å². The fourth-order valence-corrected chi connectivity index (χ4v) is 4.06. The Morgan fingerprint density at radius 1 is 0.967 bits per heavy atom. The van der Waals surface area contributed by atoms with Crippen molar-refractivity contribution in [3.8, 4) is 11.5 Å². The lowest BCUT2D eigenvalue weighted by Crippen LogP contribution is -2.22. The molecule has 5 heteroatoms. The number of esters is 1. The second kappa shape index (κ2) is 7.12. The number of aromatic hydroxyl groups is 1. The molecule has 5 nitrogen and oxygen atoms in total. The fraction of sp³-hybridized carbons (Fsp3) is 0.0800.